The van der Waals surface area contributed by atoms with Crippen LogP contribution >= 0.6 is 0 Å². The minimum atomic E-state index is -4.38. The van der Waals surface area contributed by atoms with E-state index in [1.165, 1.54) is 6.07 Å². The molecule has 6 heteroatoms. The number of benzene rings is 1. The highest BCUT2D eigenvalue weighted by molar-refractivity contribution is 5.95. The maximum atomic E-state index is 12.7. The quantitative estimate of drug-likeness (QED) is 0.911. The number of hydrogen-bond donors (Lipinski definition) is 1. The summed E-state index contributed by atoms with van der Waals surface area (Å²) in [6, 6.07) is 3.38. The van der Waals surface area contributed by atoms with Crippen LogP contribution in [0.1, 0.15) is 34.3 Å². The second kappa shape index (κ2) is 5.57. The first-order valence-corrected chi connectivity index (χ1v) is 7.55. The molecule has 3 heterocycles. The Balaban J connectivity index is 1.73. The molecule has 0 saturated carbocycles. The zero-order valence-electron chi connectivity index (χ0n) is 12.4. The van der Waals surface area contributed by atoms with Gasteiger partial charge in [-0.3, -0.25) is 4.79 Å². The first kappa shape index (κ1) is 15.3. The third-order valence-electron chi connectivity index (χ3n) is 4.77. The van der Waals surface area contributed by atoms with Crippen molar-refractivity contribution in [3.8, 4) is 0 Å². The van der Waals surface area contributed by atoms with Gasteiger partial charge in [0.2, 0.25) is 0 Å². The van der Waals surface area contributed by atoms with E-state index in [1.807, 2.05) is 0 Å². The Morgan fingerprint density at radius 1 is 1.27 bits per heavy atom. The number of aryl methyl sites for hydroxylation is 1. The van der Waals surface area contributed by atoms with Crippen LogP contribution < -0.4 is 5.32 Å². The third-order valence-corrected chi connectivity index (χ3v) is 4.77. The van der Waals surface area contributed by atoms with Crippen molar-refractivity contribution in [1.29, 1.82) is 0 Å². The van der Waals surface area contributed by atoms with Crippen LogP contribution in [-0.4, -0.2) is 36.5 Å². The molecule has 0 radical (unpaired) electrons. The summed E-state index contributed by atoms with van der Waals surface area (Å²) in [5.41, 5.74) is -0.0394. The summed E-state index contributed by atoms with van der Waals surface area (Å²) in [6.45, 7) is 4.55. The highest BCUT2D eigenvalue weighted by Crippen LogP contribution is 2.31. The van der Waals surface area contributed by atoms with E-state index in [1.54, 1.807) is 6.92 Å². The fraction of sp³-hybridized carbons (Fsp3) is 0.562. The first-order chi connectivity index (χ1) is 10.3. The van der Waals surface area contributed by atoms with Crippen LogP contribution in [0.2, 0.25) is 0 Å². The lowest BCUT2D eigenvalue weighted by atomic mass is 9.84. The Morgan fingerprint density at radius 3 is 2.45 bits per heavy atom. The molecule has 1 N–H and O–H groups in total. The van der Waals surface area contributed by atoms with Gasteiger partial charge in [0, 0.05) is 18.2 Å². The van der Waals surface area contributed by atoms with Gasteiger partial charge >= 0.3 is 6.18 Å². The molecule has 0 spiro atoms. The Hall–Kier alpha value is -1.56. The number of nitrogens with zero attached hydrogens (tertiary/aromatic N) is 1. The van der Waals surface area contributed by atoms with Gasteiger partial charge in [0.25, 0.3) is 5.91 Å². The van der Waals surface area contributed by atoms with Gasteiger partial charge in [0.1, 0.15) is 0 Å². The minimum absolute atomic E-state index is 0.108. The summed E-state index contributed by atoms with van der Waals surface area (Å²) in [7, 11) is 0. The van der Waals surface area contributed by atoms with E-state index < -0.39 is 11.7 Å². The van der Waals surface area contributed by atoms with E-state index in [-0.39, 0.29) is 11.9 Å². The van der Waals surface area contributed by atoms with Gasteiger partial charge < -0.3 is 10.2 Å². The SMILES string of the molecule is Cc1cc(C(F)(F)F)ccc1C(=O)N[C@H]1CN2CCC1CC2. The molecule has 0 aromatic heterocycles. The maximum absolute atomic E-state index is 12.7. The largest absolute Gasteiger partial charge is 0.416 e. The topological polar surface area (TPSA) is 32.3 Å². The van der Waals surface area contributed by atoms with Crippen molar-refractivity contribution in [3.63, 3.8) is 0 Å². The van der Waals surface area contributed by atoms with Crippen LogP contribution in [0.5, 0.6) is 0 Å². The predicted octanol–water partition coefficient (Wildman–Crippen LogP) is 2.84. The molecule has 1 atom stereocenters. The molecule has 1 aromatic carbocycles. The molecular weight excluding hydrogens is 293 g/mol. The van der Waals surface area contributed by atoms with Gasteiger partial charge in [-0.2, -0.15) is 13.2 Å². The van der Waals surface area contributed by atoms with Crippen molar-refractivity contribution in [2.75, 3.05) is 19.6 Å². The molecule has 4 rings (SSSR count). The number of hydrogen-bond acceptors (Lipinski definition) is 2. The van der Waals surface area contributed by atoms with Crippen molar-refractivity contribution < 1.29 is 18.0 Å². The molecule has 22 heavy (non-hydrogen) atoms. The number of halogens is 3. The van der Waals surface area contributed by atoms with E-state index >= 15 is 0 Å². The average molecular weight is 312 g/mol. The van der Waals surface area contributed by atoms with Crippen molar-refractivity contribution >= 4 is 5.91 Å². The molecular formula is C16H19F3N2O. The molecule has 120 valence electrons. The zero-order chi connectivity index (χ0) is 15.9. The molecule has 0 aliphatic carbocycles. The number of alkyl halides is 3. The third kappa shape index (κ3) is 2.97. The molecule has 3 saturated heterocycles. The van der Waals surface area contributed by atoms with Gasteiger partial charge in [-0.1, -0.05) is 0 Å². The molecule has 1 aromatic rings. The fourth-order valence-electron chi connectivity index (χ4n) is 3.47. The molecule has 3 fully saturated rings. The highest BCUT2D eigenvalue weighted by Gasteiger charge is 2.35. The number of fused-ring (bicyclic) bond motifs is 3. The summed E-state index contributed by atoms with van der Waals surface area (Å²) >= 11 is 0. The fourth-order valence-corrected chi connectivity index (χ4v) is 3.47. The second-order valence-electron chi connectivity index (χ2n) is 6.25. The summed E-state index contributed by atoms with van der Waals surface area (Å²) in [4.78, 5) is 14.7. The van der Waals surface area contributed by atoms with Gasteiger partial charge in [0.05, 0.1) is 5.56 Å². The van der Waals surface area contributed by atoms with Crippen LogP contribution in [0, 0.1) is 12.8 Å². The molecule has 1 amide bonds. The number of nitrogens with one attached hydrogen (secondary N) is 1. The molecule has 3 nitrogen and oxygen atoms in total. The first-order valence-electron chi connectivity index (χ1n) is 7.55. The average Bonchev–Trinajstić information content (AvgIpc) is 2.47. The Morgan fingerprint density at radius 2 is 1.95 bits per heavy atom. The van der Waals surface area contributed by atoms with Gasteiger partial charge in [-0.25, -0.2) is 0 Å². The van der Waals surface area contributed by atoms with Crippen molar-refractivity contribution in [1.82, 2.24) is 10.2 Å². The molecule has 2 bridgehead atoms. The standard InChI is InChI=1S/C16H19F3N2O/c1-10-8-12(16(17,18)19)2-3-13(10)15(22)20-14-9-21-6-4-11(14)5-7-21/h2-3,8,11,14H,4-7,9H2,1H3,(H,20,22)/t14-/m0/s1. The lowest BCUT2D eigenvalue weighted by Gasteiger charge is -2.45. The minimum Gasteiger partial charge on any atom is -0.348 e. The number of carbonyl (C=O) groups is 1. The summed E-state index contributed by atoms with van der Waals surface area (Å²) in [5.74, 6) is 0.216. The normalized spacial score (nSPS) is 27.7. The summed E-state index contributed by atoms with van der Waals surface area (Å²) in [5, 5.41) is 3.00. The molecule has 0 unspecified atom stereocenters. The highest BCUT2D eigenvalue weighted by atomic mass is 19.4. The van der Waals surface area contributed by atoms with E-state index in [9.17, 15) is 18.0 Å². The smallest absolute Gasteiger partial charge is 0.348 e. The molecule has 3 aliphatic heterocycles. The summed E-state index contributed by atoms with van der Waals surface area (Å²) in [6.07, 6.45) is -2.22. The Kier molecular flexibility index (Phi) is 3.89. The van der Waals surface area contributed by atoms with Crippen LogP contribution in [0.15, 0.2) is 18.2 Å². The van der Waals surface area contributed by atoms with Crippen molar-refractivity contribution in [2.24, 2.45) is 5.92 Å². The molecule has 3 aliphatic rings. The van der Waals surface area contributed by atoms with E-state index in [2.05, 4.69) is 10.2 Å². The zero-order valence-corrected chi connectivity index (χ0v) is 12.4. The van der Waals surface area contributed by atoms with E-state index in [4.69, 9.17) is 0 Å². The van der Waals surface area contributed by atoms with E-state index in [0.29, 0.717) is 17.0 Å². The predicted molar refractivity (Wildman–Crippen MR) is 76.6 cm³/mol. The lowest BCUT2D eigenvalue weighted by molar-refractivity contribution is -0.137. The van der Waals surface area contributed by atoms with Crippen molar-refractivity contribution in [3.05, 3.63) is 34.9 Å². The van der Waals surface area contributed by atoms with Crippen LogP contribution in [-0.2, 0) is 6.18 Å². The van der Waals surface area contributed by atoms with Gasteiger partial charge in [-0.05, 0) is 62.5 Å². The van der Waals surface area contributed by atoms with Crippen molar-refractivity contribution in [2.45, 2.75) is 32.0 Å². The van der Waals surface area contributed by atoms with Gasteiger partial charge in [-0.15, -0.1) is 0 Å². The van der Waals surface area contributed by atoms with E-state index in [0.717, 1.165) is 44.6 Å². The number of rotatable bonds is 2. The van der Waals surface area contributed by atoms with Crippen LogP contribution in [0.3, 0.4) is 0 Å². The summed E-state index contributed by atoms with van der Waals surface area (Å²) < 4.78 is 38.0. The number of carbonyl (C=O) groups excluding carboxylic acids is 1. The Labute approximate surface area is 127 Å². The second-order valence-corrected chi connectivity index (χ2v) is 6.25. The monoisotopic (exact) mass is 312 g/mol. The van der Waals surface area contributed by atoms with Crippen LogP contribution in [0.25, 0.3) is 0 Å². The number of piperidine rings is 3. The number of amides is 1. The maximum Gasteiger partial charge on any atom is 0.416 e. The Bertz CT molecular complexity index is 577. The lowest BCUT2D eigenvalue weighted by Crippen LogP contribution is -2.57. The van der Waals surface area contributed by atoms with Gasteiger partial charge in [0.15, 0.2) is 0 Å². The van der Waals surface area contributed by atoms with Crippen LogP contribution in [0.4, 0.5) is 13.2 Å².